The summed E-state index contributed by atoms with van der Waals surface area (Å²) in [4.78, 5) is 24.3. The second-order valence-electron chi connectivity index (χ2n) is 4.02. The second kappa shape index (κ2) is 4.29. The van der Waals surface area contributed by atoms with Gasteiger partial charge in [0.15, 0.2) is 0 Å². The van der Waals surface area contributed by atoms with E-state index < -0.39 is 11.8 Å². The van der Waals surface area contributed by atoms with Crippen molar-refractivity contribution in [2.24, 2.45) is 0 Å². The van der Waals surface area contributed by atoms with Crippen LogP contribution in [0.15, 0.2) is 30.3 Å². The molecule has 0 fully saturated rings. The van der Waals surface area contributed by atoms with Crippen LogP contribution in [0.3, 0.4) is 0 Å². The van der Waals surface area contributed by atoms with Gasteiger partial charge in [-0.25, -0.2) is 0 Å². The molecule has 6 heteroatoms. The Balaban J connectivity index is 2.12. The fourth-order valence-electron chi connectivity index (χ4n) is 1.84. The summed E-state index contributed by atoms with van der Waals surface area (Å²) in [7, 11) is 0. The van der Waals surface area contributed by atoms with Gasteiger partial charge in [-0.2, -0.15) is 0 Å². The molecular weight excluding hydrogens is 284 g/mol. The molecule has 0 bridgehead atoms. The van der Waals surface area contributed by atoms with Crippen molar-refractivity contribution >= 4 is 40.5 Å². The summed E-state index contributed by atoms with van der Waals surface area (Å²) in [6.45, 7) is 0. The number of hydrogen-bond donors (Lipinski definition) is 2. The first-order valence-corrected chi connectivity index (χ1v) is 6.60. The zero-order chi connectivity index (χ0) is 13.6. The van der Waals surface area contributed by atoms with Crippen LogP contribution < -0.4 is 5.32 Å². The molecule has 3 rings (SSSR count). The minimum atomic E-state index is -0.651. The van der Waals surface area contributed by atoms with Crippen molar-refractivity contribution in [3.63, 3.8) is 0 Å². The van der Waals surface area contributed by atoms with E-state index >= 15 is 0 Å². The molecule has 0 radical (unpaired) electrons. The molecule has 2 N–H and O–H groups in total. The molecule has 1 aromatic carbocycles. The van der Waals surface area contributed by atoms with Gasteiger partial charge in [0.25, 0.3) is 11.8 Å². The molecular formula is C13H7ClN2O2S. The normalized spacial score (nSPS) is 14.3. The number of benzene rings is 1. The van der Waals surface area contributed by atoms with Gasteiger partial charge in [0.05, 0.1) is 10.4 Å². The number of fused-ring (bicyclic) bond motifs is 1. The molecule has 2 aromatic rings. The van der Waals surface area contributed by atoms with Crippen LogP contribution in [-0.2, 0) is 4.79 Å². The summed E-state index contributed by atoms with van der Waals surface area (Å²) >= 11 is 7.09. The first-order chi connectivity index (χ1) is 9.06. The SMILES string of the molecule is N=C1C(=O)NC(=O)c2cc(-c3ccc(Cl)cc3)sc21. The fraction of sp³-hybridized carbons (Fsp3) is 0. The van der Waals surface area contributed by atoms with Gasteiger partial charge in [-0.05, 0) is 23.8 Å². The maximum atomic E-state index is 11.7. The number of carbonyl (C=O) groups is 2. The summed E-state index contributed by atoms with van der Waals surface area (Å²) in [5.74, 6) is -1.10. The Labute approximate surface area is 117 Å². The van der Waals surface area contributed by atoms with Gasteiger partial charge in [0, 0.05) is 9.90 Å². The van der Waals surface area contributed by atoms with Crippen LogP contribution in [0, 0.1) is 5.41 Å². The topological polar surface area (TPSA) is 70.0 Å². The highest BCUT2D eigenvalue weighted by atomic mass is 35.5. The average molecular weight is 291 g/mol. The maximum Gasteiger partial charge on any atom is 0.277 e. The van der Waals surface area contributed by atoms with Crippen LogP contribution in [0.4, 0.5) is 0 Å². The van der Waals surface area contributed by atoms with Gasteiger partial charge < -0.3 is 0 Å². The Hall–Kier alpha value is -1.98. The number of hydrogen-bond acceptors (Lipinski definition) is 4. The molecule has 2 amide bonds. The summed E-state index contributed by atoms with van der Waals surface area (Å²) in [5, 5.41) is 10.5. The number of rotatable bonds is 1. The third kappa shape index (κ3) is 1.97. The predicted molar refractivity (Wildman–Crippen MR) is 74.1 cm³/mol. The lowest BCUT2D eigenvalue weighted by molar-refractivity contribution is -0.114. The van der Waals surface area contributed by atoms with Crippen LogP contribution in [0.5, 0.6) is 0 Å². The molecule has 1 aromatic heterocycles. The number of imide groups is 1. The van der Waals surface area contributed by atoms with E-state index in [4.69, 9.17) is 17.0 Å². The zero-order valence-electron chi connectivity index (χ0n) is 9.49. The molecule has 1 aliphatic rings. The molecule has 4 nitrogen and oxygen atoms in total. The fourth-order valence-corrected chi connectivity index (χ4v) is 3.07. The first-order valence-electron chi connectivity index (χ1n) is 5.40. The lowest BCUT2D eigenvalue weighted by atomic mass is 10.1. The van der Waals surface area contributed by atoms with E-state index in [1.54, 1.807) is 18.2 Å². The Morgan fingerprint density at radius 3 is 2.47 bits per heavy atom. The molecule has 19 heavy (non-hydrogen) atoms. The van der Waals surface area contributed by atoms with Crippen molar-refractivity contribution < 1.29 is 9.59 Å². The second-order valence-corrected chi connectivity index (χ2v) is 5.51. The quantitative estimate of drug-likeness (QED) is 0.793. The molecule has 0 unspecified atom stereocenters. The third-order valence-electron chi connectivity index (χ3n) is 2.79. The Bertz CT molecular complexity index is 719. The van der Waals surface area contributed by atoms with Crippen molar-refractivity contribution in [3.05, 3.63) is 45.8 Å². The van der Waals surface area contributed by atoms with E-state index in [9.17, 15) is 9.59 Å². The summed E-state index contributed by atoms with van der Waals surface area (Å²) < 4.78 is 0. The standard InChI is InChI=1S/C13H7ClN2O2S/c14-7-3-1-6(2-4-7)9-5-8-11(19-9)10(15)13(18)16-12(8)17/h1-5,15H,(H,16,17,18). The van der Waals surface area contributed by atoms with Gasteiger partial charge in [-0.1, -0.05) is 23.7 Å². The van der Waals surface area contributed by atoms with Crippen LogP contribution in [0.25, 0.3) is 10.4 Å². The molecule has 0 spiro atoms. The van der Waals surface area contributed by atoms with Crippen molar-refractivity contribution in [1.82, 2.24) is 5.32 Å². The maximum absolute atomic E-state index is 11.7. The van der Waals surface area contributed by atoms with E-state index in [0.29, 0.717) is 15.5 Å². The lowest BCUT2D eigenvalue weighted by Crippen LogP contribution is -2.41. The predicted octanol–water partition coefficient (Wildman–Crippen LogP) is 2.71. The average Bonchev–Trinajstić information content (AvgIpc) is 2.83. The molecule has 94 valence electrons. The highest BCUT2D eigenvalue weighted by molar-refractivity contribution is 7.18. The molecule has 0 atom stereocenters. The smallest absolute Gasteiger partial charge is 0.277 e. The molecule has 0 saturated carbocycles. The highest BCUT2D eigenvalue weighted by Gasteiger charge is 2.30. The summed E-state index contributed by atoms with van der Waals surface area (Å²) in [6.07, 6.45) is 0. The van der Waals surface area contributed by atoms with Gasteiger partial charge in [-0.15, -0.1) is 11.3 Å². The summed E-state index contributed by atoms with van der Waals surface area (Å²) in [6, 6.07) is 8.88. The Kier molecular flexibility index (Phi) is 2.73. The number of halogens is 1. The number of nitrogens with one attached hydrogen (secondary N) is 2. The van der Waals surface area contributed by atoms with Gasteiger partial charge in [-0.3, -0.25) is 20.3 Å². The lowest BCUT2D eigenvalue weighted by Gasteiger charge is -2.10. The minimum Gasteiger partial charge on any atom is -0.294 e. The number of thiophene rings is 1. The van der Waals surface area contributed by atoms with E-state index in [-0.39, 0.29) is 5.71 Å². The molecule has 2 heterocycles. The minimum absolute atomic E-state index is 0.167. The number of amides is 2. The number of carbonyl (C=O) groups excluding carboxylic acids is 2. The Morgan fingerprint density at radius 2 is 1.79 bits per heavy atom. The van der Waals surface area contributed by atoms with Crippen molar-refractivity contribution in [2.45, 2.75) is 0 Å². The highest BCUT2D eigenvalue weighted by Crippen LogP contribution is 2.33. The Morgan fingerprint density at radius 1 is 1.11 bits per heavy atom. The molecule has 0 saturated heterocycles. The van der Waals surface area contributed by atoms with E-state index in [2.05, 4.69) is 5.32 Å². The zero-order valence-corrected chi connectivity index (χ0v) is 11.1. The molecule has 1 aliphatic heterocycles. The van der Waals surface area contributed by atoms with Crippen molar-refractivity contribution in [1.29, 1.82) is 5.41 Å². The van der Waals surface area contributed by atoms with Crippen LogP contribution in [0.2, 0.25) is 5.02 Å². The van der Waals surface area contributed by atoms with E-state index in [1.165, 1.54) is 11.3 Å². The third-order valence-corrected chi connectivity index (χ3v) is 4.24. The van der Waals surface area contributed by atoms with Crippen molar-refractivity contribution in [2.75, 3.05) is 0 Å². The van der Waals surface area contributed by atoms with Gasteiger partial charge >= 0.3 is 0 Å². The monoisotopic (exact) mass is 290 g/mol. The first kappa shape index (κ1) is 12.1. The van der Waals surface area contributed by atoms with Crippen LogP contribution in [0.1, 0.15) is 15.2 Å². The van der Waals surface area contributed by atoms with Crippen molar-refractivity contribution in [3.8, 4) is 10.4 Å². The van der Waals surface area contributed by atoms with Crippen LogP contribution >= 0.6 is 22.9 Å². The van der Waals surface area contributed by atoms with Gasteiger partial charge in [0.2, 0.25) is 0 Å². The molecule has 0 aliphatic carbocycles. The largest absolute Gasteiger partial charge is 0.294 e. The van der Waals surface area contributed by atoms with Crippen LogP contribution in [-0.4, -0.2) is 17.5 Å². The summed E-state index contributed by atoms with van der Waals surface area (Å²) in [5.41, 5.74) is 1.11. The van der Waals surface area contributed by atoms with E-state index in [1.807, 2.05) is 12.1 Å². The van der Waals surface area contributed by atoms with E-state index in [0.717, 1.165) is 10.4 Å². The van der Waals surface area contributed by atoms with Gasteiger partial charge in [0.1, 0.15) is 5.71 Å².